The van der Waals surface area contributed by atoms with E-state index in [9.17, 15) is 9.59 Å². The van der Waals surface area contributed by atoms with Crippen LogP contribution in [-0.4, -0.2) is 35.4 Å². The Labute approximate surface area is 178 Å². The van der Waals surface area contributed by atoms with Crippen LogP contribution < -0.4 is 20.1 Å². The molecule has 2 heterocycles. The van der Waals surface area contributed by atoms with Crippen LogP contribution in [0.25, 0.3) is 0 Å². The van der Waals surface area contributed by atoms with Crippen LogP contribution in [0.2, 0.25) is 0 Å². The van der Waals surface area contributed by atoms with Crippen LogP contribution in [0.15, 0.2) is 41.6 Å². The highest BCUT2D eigenvalue weighted by molar-refractivity contribution is 8.00. The van der Waals surface area contributed by atoms with E-state index in [0.29, 0.717) is 39.6 Å². The Morgan fingerprint density at radius 1 is 1.10 bits per heavy atom. The Balaban J connectivity index is 1.20. The van der Waals surface area contributed by atoms with Crippen LogP contribution in [0.1, 0.15) is 36.0 Å². The van der Waals surface area contributed by atoms with E-state index in [0.717, 1.165) is 0 Å². The summed E-state index contributed by atoms with van der Waals surface area (Å²) in [5.41, 5.74) is 1.17. The maximum Gasteiger partial charge on any atom is 0.254 e. The van der Waals surface area contributed by atoms with Gasteiger partial charge in [0.25, 0.3) is 5.91 Å². The summed E-state index contributed by atoms with van der Waals surface area (Å²) in [6.45, 7) is 0.190. The van der Waals surface area contributed by atoms with Crippen LogP contribution in [0.4, 0.5) is 5.69 Å². The molecule has 2 aliphatic carbocycles. The molecular formula is C22H23N3O4S. The molecule has 0 bridgehead atoms. The predicted octanol–water partition coefficient (Wildman–Crippen LogP) is 3.46. The predicted molar refractivity (Wildman–Crippen MR) is 113 cm³/mol. The number of carbonyl (C=O) groups excluding carboxylic acids is 2. The summed E-state index contributed by atoms with van der Waals surface area (Å²) in [6.07, 6.45) is 6.46. The highest BCUT2D eigenvalue weighted by Crippen LogP contribution is 2.44. The van der Waals surface area contributed by atoms with E-state index in [1.165, 1.54) is 37.4 Å². The molecule has 2 fully saturated rings. The molecule has 2 aromatic rings. The minimum absolute atomic E-state index is 0.0921. The van der Waals surface area contributed by atoms with Crippen molar-refractivity contribution in [1.29, 1.82) is 0 Å². The number of anilines is 1. The van der Waals surface area contributed by atoms with E-state index >= 15 is 0 Å². The van der Waals surface area contributed by atoms with Crippen molar-refractivity contribution in [1.82, 2.24) is 10.3 Å². The molecule has 156 valence electrons. The second kappa shape index (κ2) is 8.18. The lowest BCUT2D eigenvalue weighted by atomic mass is 10.1. The average Bonchev–Trinajstić information content (AvgIpc) is 3.69. The number of benzene rings is 1. The fraction of sp³-hybridized carbons (Fsp3) is 0.409. The Kier molecular flexibility index (Phi) is 5.25. The summed E-state index contributed by atoms with van der Waals surface area (Å²) in [5.74, 6) is 2.42. The molecule has 7 nitrogen and oxygen atoms in total. The smallest absolute Gasteiger partial charge is 0.254 e. The van der Waals surface area contributed by atoms with Gasteiger partial charge in [0.1, 0.15) is 5.03 Å². The largest absolute Gasteiger partial charge is 0.454 e. The number of nitrogens with zero attached hydrogens (tertiary/aromatic N) is 1. The number of hydrogen-bond donors (Lipinski definition) is 2. The van der Waals surface area contributed by atoms with Crippen molar-refractivity contribution < 1.29 is 19.1 Å². The molecule has 1 aromatic heterocycles. The highest BCUT2D eigenvalue weighted by Gasteiger charge is 2.42. The van der Waals surface area contributed by atoms with Gasteiger partial charge < -0.3 is 20.1 Å². The number of pyridine rings is 1. The molecule has 2 N–H and O–H groups in total. The molecule has 1 aromatic carbocycles. The second-order valence-electron chi connectivity index (χ2n) is 7.94. The third-order valence-corrected chi connectivity index (χ3v) is 6.57. The summed E-state index contributed by atoms with van der Waals surface area (Å²) >= 11 is 1.26. The highest BCUT2D eigenvalue weighted by atomic mass is 32.2. The lowest BCUT2D eigenvalue weighted by Gasteiger charge is -2.18. The summed E-state index contributed by atoms with van der Waals surface area (Å²) < 4.78 is 10.6. The lowest BCUT2D eigenvalue weighted by molar-refractivity contribution is -0.113. The minimum atomic E-state index is -0.176. The van der Waals surface area contributed by atoms with Crippen molar-refractivity contribution in [2.75, 3.05) is 17.9 Å². The van der Waals surface area contributed by atoms with Gasteiger partial charge in [-0.2, -0.15) is 0 Å². The number of aromatic nitrogens is 1. The summed E-state index contributed by atoms with van der Waals surface area (Å²) in [5, 5.41) is 6.65. The van der Waals surface area contributed by atoms with Gasteiger partial charge in [-0.1, -0.05) is 11.8 Å². The summed E-state index contributed by atoms with van der Waals surface area (Å²) in [6, 6.07) is 9.09. The van der Waals surface area contributed by atoms with Gasteiger partial charge in [0.2, 0.25) is 12.7 Å². The third kappa shape index (κ3) is 4.38. The van der Waals surface area contributed by atoms with E-state index in [2.05, 4.69) is 15.6 Å². The van der Waals surface area contributed by atoms with Gasteiger partial charge in [0.05, 0.1) is 11.3 Å². The molecule has 0 atom stereocenters. The van der Waals surface area contributed by atoms with Crippen LogP contribution in [0.5, 0.6) is 11.5 Å². The standard InChI is InChI=1S/C22H23N3O4S/c26-19(24-15-7-8-17-18(10-15)29-12-28-17)11-30-22-16(2-1-9-23-22)21(27)25-20(13-3-4-13)14-5-6-14/h1-2,7-10,13-14,20H,3-6,11-12H2,(H,24,26)(H,25,27). The van der Waals surface area contributed by atoms with Crippen LogP contribution >= 0.6 is 11.8 Å². The molecule has 2 amide bonds. The van der Waals surface area contributed by atoms with Crippen molar-refractivity contribution in [3.05, 3.63) is 42.1 Å². The van der Waals surface area contributed by atoms with Crippen LogP contribution in [0.3, 0.4) is 0 Å². The first-order valence-electron chi connectivity index (χ1n) is 10.3. The zero-order valence-corrected chi connectivity index (χ0v) is 17.2. The van der Waals surface area contributed by atoms with Crippen LogP contribution in [0, 0.1) is 11.8 Å². The molecule has 2 saturated carbocycles. The number of fused-ring (bicyclic) bond motifs is 1. The number of amides is 2. The van der Waals surface area contributed by atoms with Gasteiger partial charge in [-0.25, -0.2) is 4.98 Å². The SMILES string of the molecule is O=C(CSc1ncccc1C(=O)NC(C1CC1)C1CC1)Nc1ccc2c(c1)OCO2. The molecule has 0 spiro atoms. The Bertz CT molecular complexity index is 963. The molecule has 30 heavy (non-hydrogen) atoms. The first-order chi connectivity index (χ1) is 14.7. The monoisotopic (exact) mass is 425 g/mol. The van der Waals surface area contributed by atoms with E-state index in [1.54, 1.807) is 36.5 Å². The third-order valence-electron chi connectivity index (χ3n) is 5.57. The Morgan fingerprint density at radius 2 is 1.87 bits per heavy atom. The van der Waals surface area contributed by atoms with Crippen molar-refractivity contribution >= 4 is 29.3 Å². The first kappa shape index (κ1) is 19.2. The molecule has 0 unspecified atom stereocenters. The fourth-order valence-electron chi connectivity index (χ4n) is 3.74. The number of nitrogens with one attached hydrogen (secondary N) is 2. The fourth-order valence-corrected chi connectivity index (χ4v) is 4.54. The lowest BCUT2D eigenvalue weighted by Crippen LogP contribution is -2.38. The molecule has 5 rings (SSSR count). The molecule has 1 aliphatic heterocycles. The van der Waals surface area contributed by atoms with Crippen molar-refractivity contribution in [2.24, 2.45) is 11.8 Å². The second-order valence-corrected chi connectivity index (χ2v) is 8.90. The zero-order chi connectivity index (χ0) is 20.5. The molecule has 0 radical (unpaired) electrons. The van der Waals surface area contributed by atoms with Gasteiger partial charge in [-0.3, -0.25) is 9.59 Å². The van der Waals surface area contributed by atoms with Gasteiger partial charge in [0, 0.05) is 24.0 Å². The Morgan fingerprint density at radius 3 is 2.63 bits per heavy atom. The van der Waals surface area contributed by atoms with Crippen molar-refractivity contribution in [3.63, 3.8) is 0 Å². The minimum Gasteiger partial charge on any atom is -0.454 e. The number of rotatable bonds is 8. The maximum atomic E-state index is 12.9. The quantitative estimate of drug-likeness (QED) is 0.630. The number of thioether (sulfide) groups is 1. The van der Waals surface area contributed by atoms with Crippen molar-refractivity contribution in [3.8, 4) is 11.5 Å². The number of carbonyl (C=O) groups is 2. The summed E-state index contributed by atoms with van der Waals surface area (Å²) in [7, 11) is 0. The van der Waals surface area contributed by atoms with Gasteiger partial charge in [-0.05, 0) is 61.8 Å². The normalized spacial score (nSPS) is 17.1. The number of ether oxygens (including phenoxy) is 2. The average molecular weight is 426 g/mol. The van der Waals surface area contributed by atoms with Gasteiger partial charge >= 0.3 is 0 Å². The van der Waals surface area contributed by atoms with Gasteiger partial charge in [-0.15, -0.1) is 0 Å². The summed E-state index contributed by atoms with van der Waals surface area (Å²) in [4.78, 5) is 29.6. The van der Waals surface area contributed by atoms with E-state index in [-0.39, 0.29) is 30.4 Å². The first-order valence-corrected chi connectivity index (χ1v) is 11.2. The molecular weight excluding hydrogens is 402 g/mol. The molecule has 0 saturated heterocycles. The van der Waals surface area contributed by atoms with E-state index < -0.39 is 0 Å². The maximum absolute atomic E-state index is 12.9. The van der Waals surface area contributed by atoms with Gasteiger partial charge in [0.15, 0.2) is 11.5 Å². The van der Waals surface area contributed by atoms with E-state index in [1.807, 2.05) is 0 Å². The molecule has 3 aliphatic rings. The van der Waals surface area contributed by atoms with Crippen LogP contribution in [-0.2, 0) is 4.79 Å². The molecule has 8 heteroatoms. The van der Waals surface area contributed by atoms with E-state index in [4.69, 9.17) is 9.47 Å². The Hall–Kier alpha value is -2.74. The number of hydrogen-bond acceptors (Lipinski definition) is 6. The topological polar surface area (TPSA) is 89.6 Å². The van der Waals surface area contributed by atoms with Crippen molar-refractivity contribution in [2.45, 2.75) is 36.8 Å². The zero-order valence-electron chi connectivity index (χ0n) is 16.4.